The van der Waals surface area contributed by atoms with E-state index in [2.05, 4.69) is 4.90 Å². The fraction of sp³-hybridized carbons (Fsp3) is 0.867. The summed E-state index contributed by atoms with van der Waals surface area (Å²) in [5.74, 6) is 0.890. The highest BCUT2D eigenvalue weighted by Gasteiger charge is 2.48. The van der Waals surface area contributed by atoms with E-state index in [1.807, 2.05) is 0 Å². The number of fused-ring (bicyclic) bond motifs is 1. The van der Waals surface area contributed by atoms with Crippen LogP contribution < -0.4 is 5.73 Å². The van der Waals surface area contributed by atoms with E-state index in [0.717, 1.165) is 19.4 Å². The summed E-state index contributed by atoms with van der Waals surface area (Å²) in [4.78, 5) is 15.6. The third-order valence-corrected chi connectivity index (χ3v) is 5.87. The Morgan fingerprint density at radius 2 is 1.90 bits per heavy atom. The maximum Gasteiger partial charge on any atom is 0.236 e. The van der Waals surface area contributed by atoms with E-state index in [0.29, 0.717) is 43.0 Å². The third kappa shape index (κ3) is 2.25. The molecule has 5 heteroatoms. The van der Waals surface area contributed by atoms with Gasteiger partial charge in [0.2, 0.25) is 5.91 Å². The van der Waals surface area contributed by atoms with Crippen LogP contribution in [0.15, 0.2) is 0 Å². The minimum atomic E-state index is -0.641. The zero-order valence-electron chi connectivity index (χ0n) is 12.0. The zero-order valence-corrected chi connectivity index (χ0v) is 12.8. The van der Waals surface area contributed by atoms with Crippen LogP contribution in [-0.2, 0) is 9.53 Å². The lowest BCUT2D eigenvalue weighted by molar-refractivity contribution is -0.147. The van der Waals surface area contributed by atoms with Gasteiger partial charge in [0.1, 0.15) is 5.41 Å². The molecule has 0 bridgehead atoms. The zero-order chi connectivity index (χ0) is 14.2. The number of rotatable bonds is 2. The van der Waals surface area contributed by atoms with Crippen molar-refractivity contribution in [3.8, 4) is 0 Å². The second-order valence-electron chi connectivity index (χ2n) is 6.46. The van der Waals surface area contributed by atoms with E-state index >= 15 is 0 Å². The summed E-state index contributed by atoms with van der Waals surface area (Å²) < 4.78 is 5.41. The molecule has 4 nitrogen and oxygen atoms in total. The highest BCUT2D eigenvalue weighted by molar-refractivity contribution is 7.80. The van der Waals surface area contributed by atoms with E-state index in [-0.39, 0.29) is 5.91 Å². The molecule has 2 N–H and O–H groups in total. The fourth-order valence-corrected chi connectivity index (χ4v) is 4.56. The largest absolute Gasteiger partial charge is 0.392 e. The lowest BCUT2D eigenvalue weighted by Crippen LogP contribution is -2.57. The predicted molar refractivity (Wildman–Crippen MR) is 81.3 cm³/mol. The van der Waals surface area contributed by atoms with Gasteiger partial charge in [0.15, 0.2) is 0 Å². The van der Waals surface area contributed by atoms with Crippen molar-refractivity contribution in [3.05, 3.63) is 0 Å². The number of hydrogen-bond donors (Lipinski definition) is 1. The van der Waals surface area contributed by atoms with Gasteiger partial charge in [0, 0.05) is 25.8 Å². The number of thiocarbonyl (C=S) groups is 1. The molecule has 20 heavy (non-hydrogen) atoms. The maximum absolute atomic E-state index is 13.2. The Morgan fingerprint density at radius 3 is 2.60 bits per heavy atom. The lowest BCUT2D eigenvalue weighted by Gasteiger charge is -2.44. The molecular weight excluding hydrogens is 272 g/mol. The Kier molecular flexibility index (Phi) is 4.00. The summed E-state index contributed by atoms with van der Waals surface area (Å²) in [6, 6.07) is 0.435. The Morgan fingerprint density at radius 1 is 1.20 bits per heavy atom. The number of piperidine rings is 1. The molecule has 1 amide bonds. The highest BCUT2D eigenvalue weighted by atomic mass is 32.1. The van der Waals surface area contributed by atoms with Gasteiger partial charge in [-0.1, -0.05) is 18.6 Å². The quantitative estimate of drug-likeness (QED) is 0.790. The van der Waals surface area contributed by atoms with E-state index in [1.165, 1.54) is 19.3 Å². The molecule has 3 aliphatic rings. The topological polar surface area (TPSA) is 55.6 Å². The molecule has 0 radical (unpaired) electrons. The Hall–Kier alpha value is -0.680. The molecule has 3 fully saturated rings. The average Bonchev–Trinajstić information content (AvgIpc) is 2.95. The average molecular weight is 296 g/mol. The summed E-state index contributed by atoms with van der Waals surface area (Å²) in [5, 5.41) is 0. The molecule has 0 aromatic carbocycles. The van der Waals surface area contributed by atoms with E-state index in [4.69, 9.17) is 22.7 Å². The first kappa shape index (κ1) is 14.3. The van der Waals surface area contributed by atoms with Crippen LogP contribution in [0.2, 0.25) is 0 Å². The fourth-order valence-electron chi connectivity index (χ4n) is 4.27. The smallest absolute Gasteiger partial charge is 0.236 e. The normalized spacial score (nSPS) is 32.7. The second-order valence-corrected chi connectivity index (χ2v) is 6.90. The standard InChI is InChI=1S/C15H24N2O2S/c16-13(20)15(6-9-19-10-7-15)14(18)17-8-2-4-11-3-1-5-12(11)17/h11-12H,1-10H2,(H2,16,20). The highest BCUT2D eigenvalue weighted by Crippen LogP contribution is 2.41. The lowest BCUT2D eigenvalue weighted by atomic mass is 9.77. The maximum atomic E-state index is 13.2. The Bertz CT molecular complexity index is 407. The van der Waals surface area contributed by atoms with Gasteiger partial charge in [0.25, 0.3) is 0 Å². The minimum Gasteiger partial charge on any atom is -0.392 e. The number of nitrogens with zero attached hydrogens (tertiary/aromatic N) is 1. The molecular formula is C15H24N2O2S. The van der Waals surface area contributed by atoms with Crippen LogP contribution in [0.3, 0.4) is 0 Å². The first-order chi connectivity index (χ1) is 9.65. The van der Waals surface area contributed by atoms with Crippen LogP contribution in [0.1, 0.15) is 44.9 Å². The van der Waals surface area contributed by atoms with Gasteiger partial charge in [0.05, 0.1) is 4.99 Å². The van der Waals surface area contributed by atoms with Crippen molar-refractivity contribution in [1.29, 1.82) is 0 Å². The summed E-state index contributed by atoms with van der Waals surface area (Å²) >= 11 is 5.27. The van der Waals surface area contributed by atoms with Gasteiger partial charge in [-0.25, -0.2) is 0 Å². The second kappa shape index (κ2) is 5.60. The van der Waals surface area contributed by atoms with Crippen molar-refractivity contribution in [1.82, 2.24) is 4.90 Å². The Balaban J connectivity index is 1.83. The molecule has 1 aliphatic carbocycles. The molecule has 3 rings (SSSR count). The molecule has 2 saturated heterocycles. The molecule has 0 aromatic heterocycles. The van der Waals surface area contributed by atoms with Crippen molar-refractivity contribution in [2.24, 2.45) is 17.1 Å². The first-order valence-corrected chi connectivity index (χ1v) is 8.25. The van der Waals surface area contributed by atoms with Crippen LogP contribution >= 0.6 is 12.2 Å². The number of hydrogen-bond acceptors (Lipinski definition) is 3. The molecule has 2 atom stereocenters. The molecule has 2 heterocycles. The summed E-state index contributed by atoms with van der Waals surface area (Å²) in [7, 11) is 0. The van der Waals surface area contributed by atoms with Crippen molar-refractivity contribution in [2.75, 3.05) is 19.8 Å². The molecule has 2 aliphatic heterocycles. The SMILES string of the molecule is NC(=S)C1(C(=O)N2CCCC3CCCC32)CCOCC1. The van der Waals surface area contributed by atoms with Gasteiger partial charge in [-0.05, 0) is 44.4 Å². The van der Waals surface area contributed by atoms with Crippen molar-refractivity contribution >= 4 is 23.1 Å². The van der Waals surface area contributed by atoms with Crippen LogP contribution in [-0.4, -0.2) is 41.6 Å². The number of nitrogens with two attached hydrogens (primary N) is 1. The van der Waals surface area contributed by atoms with Crippen LogP contribution in [0, 0.1) is 11.3 Å². The molecule has 2 unspecified atom stereocenters. The Labute approximate surface area is 126 Å². The third-order valence-electron chi connectivity index (χ3n) is 5.48. The summed E-state index contributed by atoms with van der Waals surface area (Å²) in [6.07, 6.45) is 7.37. The van der Waals surface area contributed by atoms with Gasteiger partial charge in [-0.3, -0.25) is 4.79 Å². The number of carbonyl (C=O) groups excluding carboxylic acids is 1. The number of carbonyl (C=O) groups is 1. The van der Waals surface area contributed by atoms with E-state index < -0.39 is 5.41 Å². The van der Waals surface area contributed by atoms with Crippen molar-refractivity contribution in [3.63, 3.8) is 0 Å². The number of amides is 1. The molecule has 0 aromatic rings. The summed E-state index contributed by atoms with van der Waals surface area (Å²) in [6.45, 7) is 2.06. The monoisotopic (exact) mass is 296 g/mol. The number of likely N-dealkylation sites (tertiary alicyclic amines) is 1. The predicted octanol–water partition coefficient (Wildman–Crippen LogP) is 1.86. The van der Waals surface area contributed by atoms with Crippen molar-refractivity contribution < 1.29 is 9.53 Å². The van der Waals surface area contributed by atoms with E-state index in [9.17, 15) is 4.79 Å². The molecule has 0 spiro atoms. The van der Waals surface area contributed by atoms with Gasteiger partial charge < -0.3 is 15.4 Å². The minimum absolute atomic E-state index is 0.185. The van der Waals surface area contributed by atoms with Crippen LogP contribution in [0.4, 0.5) is 0 Å². The summed E-state index contributed by atoms with van der Waals surface area (Å²) in [5.41, 5.74) is 5.33. The van der Waals surface area contributed by atoms with Crippen LogP contribution in [0.5, 0.6) is 0 Å². The van der Waals surface area contributed by atoms with Gasteiger partial charge in [-0.2, -0.15) is 0 Å². The van der Waals surface area contributed by atoms with Gasteiger partial charge >= 0.3 is 0 Å². The number of ether oxygens (including phenoxy) is 1. The van der Waals surface area contributed by atoms with E-state index in [1.54, 1.807) is 0 Å². The van der Waals surface area contributed by atoms with Crippen LogP contribution in [0.25, 0.3) is 0 Å². The molecule has 112 valence electrons. The molecule has 1 saturated carbocycles. The van der Waals surface area contributed by atoms with Crippen molar-refractivity contribution in [2.45, 2.75) is 51.0 Å². The van der Waals surface area contributed by atoms with Gasteiger partial charge in [-0.15, -0.1) is 0 Å². The first-order valence-electron chi connectivity index (χ1n) is 7.84.